The molecule has 4 saturated heterocycles. The van der Waals surface area contributed by atoms with E-state index in [0.717, 1.165) is 11.1 Å². The Bertz CT molecular complexity index is 2190. The number of ether oxygens (including phenoxy) is 4. The van der Waals surface area contributed by atoms with Crippen molar-refractivity contribution in [3.63, 3.8) is 0 Å². The number of carbonyl (C=O) groups is 5. The third-order valence-electron chi connectivity index (χ3n) is 12.5. The van der Waals surface area contributed by atoms with Gasteiger partial charge in [0, 0.05) is 50.7 Å². The van der Waals surface area contributed by atoms with Crippen molar-refractivity contribution in [1.29, 1.82) is 0 Å². The van der Waals surface area contributed by atoms with Crippen LogP contribution in [0.1, 0.15) is 75.1 Å². The zero-order chi connectivity index (χ0) is 44.7. The molecule has 4 aliphatic heterocycles. The van der Waals surface area contributed by atoms with E-state index in [0.29, 0.717) is 24.0 Å². The number of hydroxylamine groups is 2. The molecule has 1 saturated carbocycles. The number of nitrogens with one attached hydrogen (secondary N) is 1. The van der Waals surface area contributed by atoms with E-state index in [9.17, 15) is 24.3 Å². The van der Waals surface area contributed by atoms with Crippen LogP contribution in [0.15, 0.2) is 91.0 Å². The number of fused-ring (bicyclic) bond motifs is 4. The summed E-state index contributed by atoms with van der Waals surface area (Å²) >= 11 is 0. The summed E-state index contributed by atoms with van der Waals surface area (Å²) < 4.78 is 25.8. The van der Waals surface area contributed by atoms with Crippen LogP contribution in [0, 0.1) is 5.41 Å². The quantitative estimate of drug-likeness (QED) is 0.188. The van der Waals surface area contributed by atoms with Crippen molar-refractivity contribution in [2.45, 2.75) is 113 Å². The van der Waals surface area contributed by atoms with Gasteiger partial charge in [0.25, 0.3) is 0 Å². The number of hydrogen-bond donors (Lipinski definition) is 2. The molecule has 3 amide bonds. The van der Waals surface area contributed by atoms with Crippen LogP contribution in [0.2, 0.25) is 0 Å². The highest BCUT2D eigenvalue weighted by atomic mass is 16.8. The van der Waals surface area contributed by atoms with Crippen molar-refractivity contribution in [3.8, 4) is 0 Å². The Morgan fingerprint density at radius 2 is 1.65 bits per heavy atom. The molecule has 4 heterocycles. The number of benzene rings is 3. The van der Waals surface area contributed by atoms with Crippen molar-refractivity contribution < 1.29 is 52.9 Å². The van der Waals surface area contributed by atoms with E-state index < -0.39 is 89.7 Å². The summed E-state index contributed by atoms with van der Waals surface area (Å²) in [6.07, 6.45) is 0.495. The van der Waals surface area contributed by atoms with Gasteiger partial charge < -0.3 is 39.2 Å². The molecule has 63 heavy (non-hydrogen) atoms. The monoisotopic (exact) mass is 864 g/mol. The number of likely N-dealkylation sites (tertiary alicyclic amines) is 1. The fourth-order valence-electron chi connectivity index (χ4n) is 9.70. The topological polar surface area (TPSA) is 173 Å². The van der Waals surface area contributed by atoms with Gasteiger partial charge >= 0.3 is 11.9 Å². The van der Waals surface area contributed by atoms with Gasteiger partial charge in [-0.25, -0.2) is 0 Å². The van der Waals surface area contributed by atoms with Crippen LogP contribution in [0.5, 0.6) is 0 Å². The molecule has 8 atom stereocenters. The van der Waals surface area contributed by atoms with Crippen LogP contribution in [0.4, 0.5) is 0 Å². The first-order valence-electron chi connectivity index (χ1n) is 21.7. The Hall–Kier alpha value is -5.45. The third kappa shape index (κ3) is 8.52. The second-order valence-corrected chi connectivity index (χ2v) is 18.2. The van der Waals surface area contributed by atoms with Gasteiger partial charge in [-0.3, -0.25) is 28.8 Å². The zero-order valence-electron chi connectivity index (χ0n) is 36.3. The fraction of sp³-hybridized carbons (Fsp3) is 0.479. The van der Waals surface area contributed by atoms with E-state index in [4.69, 9.17) is 23.8 Å². The van der Waals surface area contributed by atoms with E-state index in [2.05, 4.69) is 5.32 Å². The van der Waals surface area contributed by atoms with Gasteiger partial charge in [-0.05, 0) is 57.2 Å². The molecule has 0 radical (unpaired) electrons. The van der Waals surface area contributed by atoms with Crippen LogP contribution >= 0.6 is 0 Å². The first-order chi connectivity index (χ1) is 30.1. The first kappa shape index (κ1) is 44.2. The summed E-state index contributed by atoms with van der Waals surface area (Å²) in [6.45, 7) is 5.18. The molecule has 0 aromatic heterocycles. The van der Waals surface area contributed by atoms with Gasteiger partial charge in [0.05, 0.1) is 19.2 Å². The Balaban J connectivity index is 1.14. The molecule has 0 unspecified atom stereocenters. The molecule has 8 rings (SSSR count). The summed E-state index contributed by atoms with van der Waals surface area (Å²) in [7, 11) is 3.34. The van der Waals surface area contributed by atoms with Crippen LogP contribution in [0.3, 0.4) is 0 Å². The summed E-state index contributed by atoms with van der Waals surface area (Å²) in [4.78, 5) is 79.1. The van der Waals surface area contributed by atoms with E-state index in [-0.39, 0.29) is 38.3 Å². The largest absolute Gasteiger partial charge is 0.460 e. The summed E-state index contributed by atoms with van der Waals surface area (Å²) in [5, 5.41) is 14.6. The first-order valence-corrected chi connectivity index (χ1v) is 21.7. The van der Waals surface area contributed by atoms with Crippen LogP contribution < -0.4 is 5.32 Å². The van der Waals surface area contributed by atoms with Gasteiger partial charge in [-0.1, -0.05) is 84.9 Å². The number of hydrogen-bond acceptors (Lipinski definition) is 12. The molecular formula is C48H56N4O11. The smallest absolute Gasteiger partial charge is 0.327 e. The molecule has 3 aromatic rings. The van der Waals surface area contributed by atoms with Crippen molar-refractivity contribution in [1.82, 2.24) is 20.2 Å². The highest BCUT2D eigenvalue weighted by Gasteiger charge is 2.77. The Morgan fingerprint density at radius 3 is 2.30 bits per heavy atom. The molecule has 15 nitrogen and oxygen atoms in total. The second kappa shape index (κ2) is 17.6. The SMILES string of the molecule is CN(C)C(=O)C=Cc1cccc(CN2O[C@@H]3[C@H]4OC(c5ccccc5)(c5ccccc5)O[C@H]4[C@H]4C[C@]3(C(=O)N3CCC[C@@H]3C(=O)N[C@H](CO)CCC(=O)OC(C)(C)C)[C@@H]2C(=O)O4)c1. The van der Waals surface area contributed by atoms with E-state index >= 15 is 4.79 Å². The number of amides is 3. The van der Waals surface area contributed by atoms with E-state index in [1.54, 1.807) is 40.9 Å². The van der Waals surface area contributed by atoms with Crippen LogP contribution in [0.25, 0.3) is 6.08 Å². The Labute approximate surface area is 367 Å². The molecule has 3 aromatic carbocycles. The zero-order valence-corrected chi connectivity index (χ0v) is 36.3. The standard InChI is InChI=1S/C48H56N4O11/c1-46(2,3)60-38(55)24-22-34(29-53)49-43(56)35-20-13-25-51(35)45(58)47-27-36-39-40(62-48(61-39,32-16-8-6-9-17-32)33-18-10-7-11-19-33)42(47)63-52(41(47)44(57)59-36)28-31-15-12-14-30(26-31)21-23-37(54)50(4)5/h6-12,14-19,21,23,26,34-36,39-42,53H,13,20,22,24-25,27-29H2,1-5H3,(H,49,56)/t34-,35+,36+,39-,40-,41-,42+,47-/m0/s1. The van der Waals surface area contributed by atoms with Gasteiger partial charge in [0.2, 0.25) is 23.5 Å². The number of aliphatic hydroxyl groups is 1. The predicted octanol–water partition coefficient (Wildman–Crippen LogP) is 3.86. The number of aliphatic hydroxyl groups excluding tert-OH is 1. The molecule has 1 aliphatic carbocycles. The molecular weight excluding hydrogens is 809 g/mol. The minimum absolute atomic E-state index is 0.0231. The molecule has 5 aliphatic rings. The maximum absolute atomic E-state index is 15.7. The average molecular weight is 865 g/mol. The van der Waals surface area contributed by atoms with Crippen molar-refractivity contribution in [3.05, 3.63) is 113 Å². The minimum atomic E-state index is -1.57. The van der Waals surface area contributed by atoms with Gasteiger partial charge in [0.15, 0.2) is 6.04 Å². The lowest BCUT2D eigenvalue weighted by atomic mass is 9.62. The molecule has 5 fully saturated rings. The number of esters is 2. The maximum Gasteiger partial charge on any atom is 0.327 e. The normalized spacial score (nSPS) is 27.7. The van der Waals surface area contributed by atoms with Crippen LogP contribution in [-0.4, -0.2) is 125 Å². The summed E-state index contributed by atoms with van der Waals surface area (Å²) in [5.41, 5.74) is 0.650. The number of carbonyl (C=O) groups excluding carboxylic acids is 5. The predicted molar refractivity (Wildman–Crippen MR) is 228 cm³/mol. The summed E-state index contributed by atoms with van der Waals surface area (Å²) in [5.74, 6) is -3.64. The molecule has 334 valence electrons. The van der Waals surface area contributed by atoms with E-state index in [1.165, 1.54) is 20.9 Å². The number of nitrogens with zero attached hydrogens (tertiary/aromatic N) is 3. The highest BCUT2D eigenvalue weighted by Crippen LogP contribution is 2.60. The Morgan fingerprint density at radius 1 is 0.968 bits per heavy atom. The maximum atomic E-state index is 15.7. The molecule has 15 heteroatoms. The number of rotatable bonds is 13. The lowest BCUT2D eigenvalue weighted by Crippen LogP contribution is -2.70. The summed E-state index contributed by atoms with van der Waals surface area (Å²) in [6, 6.07) is 23.5. The van der Waals surface area contributed by atoms with Gasteiger partial charge in [0.1, 0.15) is 41.5 Å². The average Bonchev–Trinajstić information content (AvgIpc) is 4.01. The third-order valence-corrected chi connectivity index (χ3v) is 12.5. The molecule has 0 spiro atoms. The number of likely N-dealkylation sites (N-methyl/N-ethyl adjacent to an activating group) is 1. The van der Waals surface area contributed by atoms with Gasteiger partial charge in [-0.15, -0.1) is 0 Å². The fourth-order valence-corrected chi connectivity index (χ4v) is 9.70. The minimum Gasteiger partial charge on any atom is -0.460 e. The lowest BCUT2D eigenvalue weighted by molar-refractivity contribution is -0.214. The van der Waals surface area contributed by atoms with Crippen molar-refractivity contribution in [2.24, 2.45) is 5.41 Å². The lowest BCUT2D eigenvalue weighted by Gasteiger charge is -2.50. The van der Waals surface area contributed by atoms with Crippen molar-refractivity contribution >= 4 is 35.7 Å². The molecule has 2 bridgehead atoms. The second-order valence-electron chi connectivity index (χ2n) is 18.2. The molecule has 2 N–H and O–H groups in total. The highest BCUT2D eigenvalue weighted by molar-refractivity contribution is 5.97. The van der Waals surface area contributed by atoms with Gasteiger partial charge in [-0.2, -0.15) is 5.06 Å². The van der Waals surface area contributed by atoms with Crippen molar-refractivity contribution in [2.75, 3.05) is 27.2 Å². The van der Waals surface area contributed by atoms with Crippen LogP contribution in [-0.2, 0) is 60.1 Å². The Kier molecular flexibility index (Phi) is 12.3. The van der Waals surface area contributed by atoms with E-state index in [1.807, 2.05) is 84.9 Å².